The zero-order valence-corrected chi connectivity index (χ0v) is 23.2. The predicted octanol–water partition coefficient (Wildman–Crippen LogP) is 3.65. The second-order valence-electron chi connectivity index (χ2n) is 10.9. The molecule has 3 aliphatic heterocycles. The van der Waals surface area contributed by atoms with E-state index < -0.39 is 0 Å². The summed E-state index contributed by atoms with van der Waals surface area (Å²) in [7, 11) is 0. The Morgan fingerprint density at radius 2 is 1.35 bits per heavy atom. The van der Waals surface area contributed by atoms with E-state index in [0.717, 1.165) is 93.4 Å². The van der Waals surface area contributed by atoms with Gasteiger partial charge in [-0.3, -0.25) is 4.90 Å². The third-order valence-electron chi connectivity index (χ3n) is 8.46. The van der Waals surface area contributed by atoms with Crippen molar-refractivity contribution in [3.8, 4) is 0 Å². The average Bonchev–Trinajstić information content (AvgIpc) is 3.77. The number of piperidine rings is 2. The van der Waals surface area contributed by atoms with Gasteiger partial charge in [0, 0.05) is 32.2 Å². The molecule has 3 aliphatic rings. The van der Waals surface area contributed by atoms with Crippen molar-refractivity contribution in [2.24, 2.45) is 0 Å². The van der Waals surface area contributed by atoms with Crippen LogP contribution in [-0.4, -0.2) is 97.8 Å². The Kier molecular flexibility index (Phi) is 8.19. The third-order valence-corrected chi connectivity index (χ3v) is 8.46. The number of likely N-dealkylation sites (tertiary alicyclic amines) is 2. The highest BCUT2D eigenvalue weighted by Gasteiger charge is 2.33. The van der Waals surface area contributed by atoms with E-state index in [-0.39, 0.29) is 6.09 Å². The zero-order chi connectivity index (χ0) is 27.3. The van der Waals surface area contributed by atoms with Crippen molar-refractivity contribution in [3.63, 3.8) is 0 Å². The molecule has 40 heavy (non-hydrogen) atoms. The number of fused-ring (bicyclic) bond motifs is 2. The van der Waals surface area contributed by atoms with E-state index in [1.807, 2.05) is 48.2 Å². The van der Waals surface area contributed by atoms with Crippen molar-refractivity contribution in [3.05, 3.63) is 48.5 Å². The maximum atomic E-state index is 11.9. The lowest BCUT2D eigenvalue weighted by Crippen LogP contribution is -2.44. The Morgan fingerprint density at radius 3 is 1.95 bits per heavy atom. The fourth-order valence-corrected chi connectivity index (χ4v) is 6.28. The highest BCUT2D eigenvalue weighted by atomic mass is 16.6. The molecule has 1 amide bonds. The predicted molar refractivity (Wildman–Crippen MR) is 153 cm³/mol. The highest BCUT2D eigenvalue weighted by molar-refractivity contribution is 5.74. The number of para-hydroxylation sites is 2. The van der Waals surface area contributed by atoms with Crippen LogP contribution in [0.5, 0.6) is 0 Å². The first-order chi connectivity index (χ1) is 19.7. The number of rotatable bonds is 4. The number of hydrogen-bond acceptors (Lipinski definition) is 8. The van der Waals surface area contributed by atoms with Crippen molar-refractivity contribution in [2.45, 2.75) is 57.2 Å². The average molecular weight is 546 g/mol. The van der Waals surface area contributed by atoms with Crippen LogP contribution in [0.25, 0.3) is 22.1 Å². The van der Waals surface area contributed by atoms with Gasteiger partial charge in [0.15, 0.2) is 0 Å². The molecule has 3 fully saturated rings. The summed E-state index contributed by atoms with van der Waals surface area (Å²) in [4.78, 5) is 16.2. The van der Waals surface area contributed by atoms with Gasteiger partial charge in [-0.15, -0.1) is 10.2 Å². The smallest absolute Gasteiger partial charge is 0.409 e. The molecule has 11 heteroatoms. The van der Waals surface area contributed by atoms with E-state index in [1.165, 1.54) is 0 Å². The van der Waals surface area contributed by atoms with E-state index in [1.54, 1.807) is 0 Å². The minimum atomic E-state index is -0.172. The SMILES string of the molecule is CCOC(=O)N1CCC(N2CCC(n3nnc4ccccc43)CC2)C1.c1ccc2c(c1)nnn2C1CCNCC1. The number of nitrogens with one attached hydrogen (secondary N) is 1. The van der Waals surface area contributed by atoms with E-state index in [2.05, 4.69) is 52.3 Å². The summed E-state index contributed by atoms with van der Waals surface area (Å²) in [5, 5.41) is 20.5. The van der Waals surface area contributed by atoms with Crippen LogP contribution >= 0.6 is 0 Å². The third kappa shape index (κ3) is 5.66. The second-order valence-corrected chi connectivity index (χ2v) is 10.9. The molecule has 0 spiro atoms. The Hall–Kier alpha value is -3.57. The maximum absolute atomic E-state index is 11.9. The van der Waals surface area contributed by atoms with Crippen LogP contribution in [0.15, 0.2) is 48.5 Å². The summed E-state index contributed by atoms with van der Waals surface area (Å²) >= 11 is 0. The standard InChI is InChI=1S/C18H25N5O2.C11H14N4/c1-2-25-18(24)22-12-9-15(13-22)21-10-7-14(8-11-21)23-17-6-4-3-5-16(17)19-20-23;1-2-4-11-10(3-1)13-14-15(11)9-5-7-12-8-6-9/h3-6,14-15H,2,7-13H2,1H3;1-4,9,12H,5-8H2. The second kappa shape index (κ2) is 12.3. The molecule has 1 N–H and O–H groups in total. The zero-order valence-electron chi connectivity index (χ0n) is 23.2. The Balaban J connectivity index is 0.000000164. The van der Waals surface area contributed by atoms with Gasteiger partial charge in [-0.1, -0.05) is 34.7 Å². The molecular weight excluding hydrogens is 506 g/mol. The molecular formula is C29H39N9O2. The first kappa shape index (κ1) is 26.6. The van der Waals surface area contributed by atoms with Crippen molar-refractivity contribution in [2.75, 3.05) is 45.9 Å². The van der Waals surface area contributed by atoms with Gasteiger partial charge < -0.3 is 15.0 Å². The van der Waals surface area contributed by atoms with E-state index in [0.29, 0.717) is 24.7 Å². The van der Waals surface area contributed by atoms with Crippen LogP contribution in [0.3, 0.4) is 0 Å². The lowest BCUT2D eigenvalue weighted by molar-refractivity contribution is 0.104. The molecule has 0 aliphatic carbocycles. The number of ether oxygens (including phenoxy) is 1. The Labute approximate surface area is 234 Å². The first-order valence-electron chi connectivity index (χ1n) is 14.7. The number of carbonyl (C=O) groups excluding carboxylic acids is 1. The molecule has 0 saturated carbocycles. The largest absolute Gasteiger partial charge is 0.450 e. The highest BCUT2D eigenvalue weighted by Crippen LogP contribution is 2.28. The number of amides is 1. The van der Waals surface area contributed by atoms with Crippen LogP contribution < -0.4 is 5.32 Å². The minimum Gasteiger partial charge on any atom is -0.450 e. The quantitative estimate of drug-likeness (QED) is 0.414. The molecule has 7 rings (SSSR count). The molecule has 11 nitrogen and oxygen atoms in total. The summed E-state index contributed by atoms with van der Waals surface area (Å²) in [6.07, 6.45) is 5.30. The summed E-state index contributed by atoms with van der Waals surface area (Å²) in [5.41, 5.74) is 4.24. The number of carbonyl (C=O) groups is 1. The first-order valence-corrected chi connectivity index (χ1v) is 14.7. The number of benzene rings is 2. The molecule has 4 aromatic rings. The van der Waals surface area contributed by atoms with Crippen LogP contribution in [0, 0.1) is 0 Å². The fourth-order valence-electron chi connectivity index (χ4n) is 6.28. The number of nitrogens with zero attached hydrogens (tertiary/aromatic N) is 8. The van der Waals surface area contributed by atoms with Crippen molar-refractivity contribution < 1.29 is 9.53 Å². The van der Waals surface area contributed by atoms with Crippen LogP contribution in [0.4, 0.5) is 4.79 Å². The molecule has 1 atom stereocenters. The molecule has 2 aromatic carbocycles. The summed E-state index contributed by atoms with van der Waals surface area (Å²) in [6.45, 7) is 8.13. The van der Waals surface area contributed by atoms with E-state index >= 15 is 0 Å². The van der Waals surface area contributed by atoms with Gasteiger partial charge in [0.25, 0.3) is 0 Å². The van der Waals surface area contributed by atoms with Gasteiger partial charge in [-0.05, 0) is 76.4 Å². The molecule has 2 aromatic heterocycles. The Bertz CT molecular complexity index is 1400. The van der Waals surface area contributed by atoms with Crippen molar-refractivity contribution in [1.82, 2.24) is 45.1 Å². The normalized spacial score (nSPS) is 21.0. The van der Waals surface area contributed by atoms with Crippen LogP contribution in [0.1, 0.15) is 51.1 Å². The summed E-state index contributed by atoms with van der Waals surface area (Å²) in [5.74, 6) is 0. The molecule has 1 unspecified atom stereocenters. The van der Waals surface area contributed by atoms with Crippen molar-refractivity contribution >= 4 is 28.2 Å². The number of aromatic nitrogens is 6. The number of hydrogen-bond donors (Lipinski definition) is 1. The molecule has 3 saturated heterocycles. The summed E-state index contributed by atoms with van der Waals surface area (Å²) < 4.78 is 9.29. The molecule has 212 valence electrons. The topological polar surface area (TPSA) is 106 Å². The lowest BCUT2D eigenvalue weighted by atomic mass is 10.0. The van der Waals surface area contributed by atoms with Gasteiger partial charge in [0.1, 0.15) is 11.0 Å². The maximum Gasteiger partial charge on any atom is 0.409 e. The van der Waals surface area contributed by atoms with E-state index in [9.17, 15) is 4.79 Å². The molecule has 5 heterocycles. The van der Waals surface area contributed by atoms with Gasteiger partial charge in [-0.25, -0.2) is 14.2 Å². The lowest BCUT2D eigenvalue weighted by Gasteiger charge is -2.35. The monoisotopic (exact) mass is 545 g/mol. The minimum absolute atomic E-state index is 0.172. The van der Waals surface area contributed by atoms with Gasteiger partial charge in [0.2, 0.25) is 0 Å². The van der Waals surface area contributed by atoms with Gasteiger partial charge >= 0.3 is 6.09 Å². The van der Waals surface area contributed by atoms with Crippen LogP contribution in [0.2, 0.25) is 0 Å². The van der Waals surface area contributed by atoms with E-state index in [4.69, 9.17) is 4.74 Å². The van der Waals surface area contributed by atoms with Crippen molar-refractivity contribution in [1.29, 1.82) is 0 Å². The molecule has 0 radical (unpaired) electrons. The van der Waals surface area contributed by atoms with Crippen LogP contribution in [-0.2, 0) is 4.74 Å². The van der Waals surface area contributed by atoms with Gasteiger partial charge in [0.05, 0.1) is 29.7 Å². The molecule has 0 bridgehead atoms. The Morgan fingerprint density at radius 1 is 0.800 bits per heavy atom. The fraction of sp³-hybridized carbons (Fsp3) is 0.552. The van der Waals surface area contributed by atoms with Gasteiger partial charge in [-0.2, -0.15) is 0 Å². The summed E-state index contributed by atoms with van der Waals surface area (Å²) in [6, 6.07) is 17.7.